The Labute approximate surface area is 181 Å². The fraction of sp³-hybridized carbons (Fsp3) is 0.0909. The average Bonchev–Trinajstić information content (AvgIpc) is 3.30. The molecule has 2 aromatic carbocycles. The maximum Gasteiger partial charge on any atom is 0.417 e. The first-order valence-corrected chi connectivity index (χ1v) is 9.23. The zero-order valence-corrected chi connectivity index (χ0v) is 16.3. The third kappa shape index (κ3) is 4.09. The highest BCUT2D eigenvalue weighted by molar-refractivity contribution is 6.38. The second kappa shape index (κ2) is 7.54. The average molecular weight is 466 g/mol. The van der Waals surface area contributed by atoms with Crippen molar-refractivity contribution in [3.05, 3.63) is 82.7 Å². The molecule has 1 aliphatic rings. The Morgan fingerprint density at radius 3 is 2.24 bits per heavy atom. The number of hydrogen-bond acceptors (Lipinski definition) is 2. The third-order valence-electron chi connectivity index (χ3n) is 4.97. The number of amides is 1. The second-order valence-corrected chi connectivity index (χ2v) is 7.13. The molecule has 3 aromatic rings. The van der Waals surface area contributed by atoms with Crippen LogP contribution in [-0.2, 0) is 17.1 Å². The molecule has 4 rings (SSSR count). The first kappa shape index (κ1) is 22.2. The van der Waals surface area contributed by atoms with E-state index >= 15 is 0 Å². The molecule has 0 radical (unpaired) electrons. The van der Waals surface area contributed by atoms with Gasteiger partial charge in [-0.15, -0.1) is 0 Å². The van der Waals surface area contributed by atoms with Crippen molar-refractivity contribution in [2.45, 2.75) is 12.4 Å². The number of aromatic carboxylic acids is 1. The zero-order chi connectivity index (χ0) is 24.1. The number of benzene rings is 2. The third-order valence-corrected chi connectivity index (χ3v) is 4.97. The molecule has 5 nitrogen and oxygen atoms in total. The summed E-state index contributed by atoms with van der Waals surface area (Å²) in [4.78, 5) is 27.8. The maximum absolute atomic E-state index is 13.3. The van der Waals surface area contributed by atoms with E-state index in [-0.39, 0.29) is 33.8 Å². The van der Waals surface area contributed by atoms with Gasteiger partial charge in [0.15, 0.2) is 0 Å². The van der Waals surface area contributed by atoms with Gasteiger partial charge in [0.2, 0.25) is 0 Å². The van der Waals surface area contributed by atoms with E-state index in [1.165, 1.54) is 18.2 Å². The summed E-state index contributed by atoms with van der Waals surface area (Å²) < 4.78 is 78.6. The Kier molecular flexibility index (Phi) is 5.07. The molecule has 33 heavy (non-hydrogen) atoms. The Balaban J connectivity index is 1.88. The summed E-state index contributed by atoms with van der Waals surface area (Å²) in [7, 11) is 0. The number of nitrogens with one attached hydrogen (secondary N) is 1. The molecule has 170 valence electrons. The number of H-pyrrole nitrogens is 1. The van der Waals surface area contributed by atoms with Crippen LogP contribution in [0.4, 0.5) is 37.7 Å². The molecule has 0 fully saturated rings. The van der Waals surface area contributed by atoms with Crippen LogP contribution in [0, 0.1) is 0 Å². The molecule has 1 aliphatic heterocycles. The number of alkyl halides is 6. The van der Waals surface area contributed by atoms with Gasteiger partial charge in [-0.05, 0) is 42.5 Å². The SMILES string of the molecule is O=C(O)c1cccc(N2C(=O)C(=Cc3cc(C(F)(F)F)c[nH]3)c3ccc(C(F)(F)F)cc32)c1. The molecular formula is C22H12F6N2O3. The van der Waals surface area contributed by atoms with E-state index in [2.05, 4.69) is 4.98 Å². The van der Waals surface area contributed by atoms with Crippen LogP contribution in [-0.4, -0.2) is 22.0 Å². The molecule has 1 amide bonds. The molecule has 0 bridgehead atoms. The first-order chi connectivity index (χ1) is 15.4. The lowest BCUT2D eigenvalue weighted by molar-refractivity contribution is -0.138. The Morgan fingerprint density at radius 2 is 1.64 bits per heavy atom. The molecule has 0 saturated carbocycles. The Morgan fingerprint density at radius 1 is 0.939 bits per heavy atom. The van der Waals surface area contributed by atoms with Gasteiger partial charge in [0.25, 0.3) is 5.91 Å². The van der Waals surface area contributed by atoms with E-state index in [1.807, 2.05) is 0 Å². The Hall–Kier alpha value is -4.02. The highest BCUT2D eigenvalue weighted by Crippen LogP contribution is 2.45. The molecule has 2 N–H and O–H groups in total. The second-order valence-electron chi connectivity index (χ2n) is 7.13. The molecule has 11 heteroatoms. The first-order valence-electron chi connectivity index (χ1n) is 9.23. The van der Waals surface area contributed by atoms with Crippen molar-refractivity contribution in [1.82, 2.24) is 4.98 Å². The monoisotopic (exact) mass is 466 g/mol. The van der Waals surface area contributed by atoms with Crippen LogP contribution in [0.1, 0.15) is 32.7 Å². The van der Waals surface area contributed by atoms with Crippen molar-refractivity contribution in [3.63, 3.8) is 0 Å². The van der Waals surface area contributed by atoms with E-state index in [1.54, 1.807) is 0 Å². The fourth-order valence-corrected chi connectivity index (χ4v) is 3.45. The number of carbonyl (C=O) groups excluding carboxylic acids is 1. The van der Waals surface area contributed by atoms with Gasteiger partial charge in [0, 0.05) is 17.5 Å². The predicted molar refractivity (Wildman–Crippen MR) is 106 cm³/mol. The number of carboxylic acid groups (broad SMARTS) is 1. The number of aromatic amines is 1. The number of hydrogen-bond donors (Lipinski definition) is 2. The smallest absolute Gasteiger partial charge is 0.417 e. The van der Waals surface area contributed by atoms with Gasteiger partial charge in [-0.3, -0.25) is 9.69 Å². The van der Waals surface area contributed by atoms with E-state index < -0.39 is 35.4 Å². The maximum atomic E-state index is 13.3. The van der Waals surface area contributed by atoms with E-state index in [0.29, 0.717) is 6.20 Å². The lowest BCUT2D eigenvalue weighted by Gasteiger charge is -2.19. The summed E-state index contributed by atoms with van der Waals surface area (Å²) in [6.07, 6.45) is -7.55. The lowest BCUT2D eigenvalue weighted by Crippen LogP contribution is -2.21. The van der Waals surface area contributed by atoms with Crippen LogP contribution in [0.3, 0.4) is 0 Å². The zero-order valence-electron chi connectivity index (χ0n) is 16.3. The van der Waals surface area contributed by atoms with Gasteiger partial charge >= 0.3 is 18.3 Å². The Bertz CT molecular complexity index is 1300. The lowest BCUT2D eigenvalue weighted by atomic mass is 10.0. The molecule has 2 heterocycles. The van der Waals surface area contributed by atoms with Crippen molar-refractivity contribution in [2.75, 3.05) is 4.90 Å². The van der Waals surface area contributed by atoms with Crippen LogP contribution in [0.15, 0.2) is 54.7 Å². The van der Waals surface area contributed by atoms with Crippen LogP contribution in [0.25, 0.3) is 11.6 Å². The minimum atomic E-state index is -4.72. The van der Waals surface area contributed by atoms with Crippen molar-refractivity contribution >= 4 is 34.9 Å². The van der Waals surface area contributed by atoms with Gasteiger partial charge in [0.1, 0.15) is 0 Å². The van der Waals surface area contributed by atoms with Gasteiger partial charge in [-0.25, -0.2) is 4.79 Å². The largest absolute Gasteiger partial charge is 0.478 e. The van der Waals surface area contributed by atoms with Crippen LogP contribution >= 0.6 is 0 Å². The predicted octanol–water partition coefficient (Wildman–Crippen LogP) is 5.97. The quantitative estimate of drug-likeness (QED) is 0.369. The molecule has 0 spiro atoms. The van der Waals surface area contributed by atoms with E-state index in [9.17, 15) is 41.0 Å². The number of fused-ring (bicyclic) bond motifs is 1. The summed E-state index contributed by atoms with van der Waals surface area (Å²) in [5.74, 6) is -2.13. The summed E-state index contributed by atoms with van der Waals surface area (Å²) >= 11 is 0. The topological polar surface area (TPSA) is 73.4 Å². The fourth-order valence-electron chi connectivity index (χ4n) is 3.45. The molecular weight excluding hydrogens is 454 g/mol. The molecule has 0 unspecified atom stereocenters. The van der Waals surface area contributed by atoms with Gasteiger partial charge in [-0.2, -0.15) is 26.3 Å². The van der Waals surface area contributed by atoms with Crippen molar-refractivity contribution in [2.24, 2.45) is 0 Å². The number of anilines is 2. The number of carboxylic acids is 1. The number of aromatic nitrogens is 1. The molecule has 0 aliphatic carbocycles. The highest BCUT2D eigenvalue weighted by atomic mass is 19.4. The highest BCUT2D eigenvalue weighted by Gasteiger charge is 2.38. The summed E-state index contributed by atoms with van der Waals surface area (Å²) in [6.45, 7) is 0. The van der Waals surface area contributed by atoms with Crippen LogP contribution in [0.5, 0.6) is 0 Å². The van der Waals surface area contributed by atoms with Crippen molar-refractivity contribution < 1.29 is 41.0 Å². The minimum absolute atomic E-state index is 0.00802. The van der Waals surface area contributed by atoms with Crippen LogP contribution < -0.4 is 4.90 Å². The van der Waals surface area contributed by atoms with Gasteiger partial charge in [0.05, 0.1) is 33.6 Å². The molecule has 1 aromatic heterocycles. The van der Waals surface area contributed by atoms with Gasteiger partial charge < -0.3 is 10.1 Å². The molecule has 0 atom stereocenters. The van der Waals surface area contributed by atoms with E-state index in [4.69, 9.17) is 0 Å². The number of rotatable bonds is 3. The number of carbonyl (C=O) groups is 2. The number of halogens is 6. The number of nitrogens with zero attached hydrogens (tertiary/aromatic N) is 1. The van der Waals surface area contributed by atoms with Crippen LogP contribution in [0.2, 0.25) is 0 Å². The summed E-state index contributed by atoms with van der Waals surface area (Å²) in [6, 6.07) is 8.32. The summed E-state index contributed by atoms with van der Waals surface area (Å²) in [5.41, 5.74) is -2.61. The van der Waals surface area contributed by atoms with E-state index in [0.717, 1.165) is 41.3 Å². The van der Waals surface area contributed by atoms with Crippen molar-refractivity contribution in [1.29, 1.82) is 0 Å². The van der Waals surface area contributed by atoms with Crippen molar-refractivity contribution in [3.8, 4) is 0 Å². The van der Waals surface area contributed by atoms with Gasteiger partial charge in [-0.1, -0.05) is 12.1 Å². The standard InChI is InChI=1S/C22H12F6N2O3/c23-21(24,25)12-4-5-16-17(9-14-7-13(10-29-14)22(26,27)28)19(31)30(18(16)8-12)15-3-1-2-11(6-15)20(32)33/h1-10,29H,(H,32,33). The normalized spacial score (nSPS) is 15.3. The summed E-state index contributed by atoms with van der Waals surface area (Å²) in [5, 5.41) is 9.22. The molecule has 0 saturated heterocycles. The minimum Gasteiger partial charge on any atom is -0.478 e.